The number of fused-ring (bicyclic) bond motifs is 1. The van der Waals surface area contributed by atoms with Crippen molar-refractivity contribution in [3.8, 4) is 0 Å². The molecule has 0 aliphatic rings. The van der Waals surface area contributed by atoms with E-state index in [-0.39, 0.29) is 33.3 Å². The Hall–Kier alpha value is -3.36. The highest BCUT2D eigenvalue weighted by atomic mass is 16.5. The second-order valence-corrected chi connectivity index (χ2v) is 5.17. The summed E-state index contributed by atoms with van der Waals surface area (Å²) in [5.41, 5.74) is -0.0605. The largest absolute Gasteiger partial charge is 0.465 e. The van der Waals surface area contributed by atoms with Crippen LogP contribution in [0, 0.1) is 0 Å². The maximum atomic E-state index is 12.3. The molecule has 0 bridgehead atoms. The van der Waals surface area contributed by atoms with Crippen LogP contribution in [0.4, 0.5) is 0 Å². The Kier molecular flexibility index (Phi) is 5.30. The topological polar surface area (TPSA) is 110 Å². The van der Waals surface area contributed by atoms with E-state index in [1.54, 1.807) is 0 Å². The van der Waals surface area contributed by atoms with Gasteiger partial charge in [0.05, 0.1) is 45.1 Å². The van der Waals surface area contributed by atoms with Crippen LogP contribution >= 0.6 is 0 Å². The summed E-state index contributed by atoms with van der Waals surface area (Å²) in [6.07, 6.45) is 0. The van der Waals surface area contributed by atoms with Gasteiger partial charge in [-0.05, 0) is 12.1 Å². The number of aromatic nitrogens is 1. The normalized spacial score (nSPS) is 10.3. The highest BCUT2D eigenvalue weighted by molar-refractivity contribution is 6.19. The van der Waals surface area contributed by atoms with Crippen LogP contribution in [0.1, 0.15) is 41.6 Å². The van der Waals surface area contributed by atoms with Crippen LogP contribution in [-0.2, 0) is 26.0 Å². The lowest BCUT2D eigenvalue weighted by molar-refractivity contribution is 0.0549. The quantitative estimate of drug-likeness (QED) is 0.591. The van der Waals surface area contributed by atoms with E-state index >= 15 is 0 Å². The third-order valence-corrected chi connectivity index (χ3v) is 3.90. The lowest BCUT2D eigenvalue weighted by atomic mass is 10.0. The Labute approximate surface area is 148 Å². The van der Waals surface area contributed by atoms with E-state index in [4.69, 9.17) is 14.2 Å². The molecule has 0 saturated heterocycles. The summed E-state index contributed by atoms with van der Waals surface area (Å²) in [5, 5.41) is 0.110. The number of carbonyl (C=O) groups excluding carboxylic acids is 4. The highest BCUT2D eigenvalue weighted by Gasteiger charge is 2.31. The summed E-state index contributed by atoms with van der Waals surface area (Å²) >= 11 is 0. The van der Waals surface area contributed by atoms with Crippen LogP contribution in [0.25, 0.3) is 10.9 Å². The molecule has 1 heterocycles. The van der Waals surface area contributed by atoms with Crippen LogP contribution < -0.4 is 0 Å². The Morgan fingerprint density at radius 3 is 1.81 bits per heavy atom. The lowest BCUT2D eigenvalue weighted by Gasteiger charge is -2.07. The van der Waals surface area contributed by atoms with Gasteiger partial charge >= 0.3 is 23.9 Å². The fraction of sp³-hybridized carbons (Fsp3) is 0.294. The smallest absolute Gasteiger partial charge is 0.355 e. The average molecular weight is 363 g/mol. The average Bonchev–Trinajstić information content (AvgIpc) is 2.97. The van der Waals surface area contributed by atoms with Crippen LogP contribution in [0.15, 0.2) is 12.1 Å². The molecule has 0 saturated carbocycles. The minimum Gasteiger partial charge on any atom is -0.465 e. The summed E-state index contributed by atoms with van der Waals surface area (Å²) < 4.78 is 20.3. The third-order valence-electron chi connectivity index (χ3n) is 3.90. The van der Waals surface area contributed by atoms with E-state index in [1.807, 2.05) is 0 Å². The number of carbonyl (C=O) groups is 4. The molecule has 0 fully saturated rings. The van der Waals surface area contributed by atoms with Gasteiger partial charge in [-0.3, -0.25) is 0 Å². The molecule has 0 amide bonds. The van der Waals surface area contributed by atoms with Crippen molar-refractivity contribution in [2.45, 2.75) is 0 Å². The molecule has 0 unspecified atom stereocenters. The first-order valence-corrected chi connectivity index (χ1v) is 7.32. The molecule has 26 heavy (non-hydrogen) atoms. The van der Waals surface area contributed by atoms with Gasteiger partial charge in [-0.2, -0.15) is 0 Å². The molecule has 138 valence electrons. The molecule has 2 rings (SSSR count). The van der Waals surface area contributed by atoms with Crippen molar-refractivity contribution in [3.63, 3.8) is 0 Å². The van der Waals surface area contributed by atoms with Crippen LogP contribution in [0.3, 0.4) is 0 Å². The number of nitrogens with zero attached hydrogens (tertiary/aromatic N) is 1. The number of methoxy groups -OCH3 is 4. The maximum Gasteiger partial charge on any atom is 0.355 e. The number of aryl methyl sites for hydroxylation is 1. The van der Waals surface area contributed by atoms with Crippen molar-refractivity contribution in [3.05, 3.63) is 34.5 Å². The molecule has 0 atom stereocenters. The summed E-state index contributed by atoms with van der Waals surface area (Å²) in [6.45, 7) is 0. The number of ether oxygens (including phenoxy) is 4. The monoisotopic (exact) mass is 363 g/mol. The fourth-order valence-electron chi connectivity index (χ4n) is 2.70. The van der Waals surface area contributed by atoms with Crippen molar-refractivity contribution in [2.75, 3.05) is 28.4 Å². The zero-order valence-corrected chi connectivity index (χ0v) is 14.9. The molecule has 1 aromatic heterocycles. The van der Waals surface area contributed by atoms with E-state index < -0.39 is 23.9 Å². The van der Waals surface area contributed by atoms with Gasteiger partial charge in [-0.15, -0.1) is 0 Å². The van der Waals surface area contributed by atoms with Crippen LogP contribution in [0.2, 0.25) is 0 Å². The Morgan fingerprint density at radius 2 is 1.31 bits per heavy atom. The summed E-state index contributed by atoms with van der Waals surface area (Å²) in [5.74, 6) is -3.14. The van der Waals surface area contributed by atoms with Gasteiger partial charge in [0.25, 0.3) is 0 Å². The predicted molar refractivity (Wildman–Crippen MR) is 88.3 cm³/mol. The lowest BCUT2D eigenvalue weighted by Crippen LogP contribution is -2.14. The summed E-state index contributed by atoms with van der Waals surface area (Å²) in [4.78, 5) is 48.7. The number of hydrogen-bond acceptors (Lipinski definition) is 8. The number of hydrogen-bond donors (Lipinski definition) is 0. The Bertz CT molecular complexity index is 925. The first-order chi connectivity index (χ1) is 12.3. The third kappa shape index (κ3) is 2.87. The van der Waals surface area contributed by atoms with Gasteiger partial charge in [0.1, 0.15) is 11.3 Å². The van der Waals surface area contributed by atoms with E-state index in [1.165, 1.54) is 30.9 Å². The van der Waals surface area contributed by atoms with Gasteiger partial charge in [0.15, 0.2) is 0 Å². The molecule has 0 N–H and O–H groups in total. The molecule has 1 aromatic carbocycles. The Morgan fingerprint density at radius 1 is 0.769 bits per heavy atom. The highest BCUT2D eigenvalue weighted by Crippen LogP contribution is 2.32. The minimum absolute atomic E-state index is 0.0498. The zero-order valence-electron chi connectivity index (χ0n) is 14.9. The first-order valence-electron chi connectivity index (χ1n) is 7.32. The molecule has 9 nitrogen and oxygen atoms in total. The molecule has 9 heteroatoms. The van der Waals surface area contributed by atoms with Crippen molar-refractivity contribution < 1.29 is 38.1 Å². The molecule has 2 aromatic rings. The van der Waals surface area contributed by atoms with E-state index in [0.717, 1.165) is 21.3 Å². The van der Waals surface area contributed by atoms with Gasteiger partial charge in [-0.25, -0.2) is 19.2 Å². The second-order valence-electron chi connectivity index (χ2n) is 5.17. The van der Waals surface area contributed by atoms with E-state index in [2.05, 4.69) is 4.74 Å². The maximum absolute atomic E-state index is 12.3. The molecule has 0 aliphatic heterocycles. The van der Waals surface area contributed by atoms with E-state index in [9.17, 15) is 19.2 Å². The predicted octanol–water partition coefficient (Wildman–Crippen LogP) is 1.32. The Balaban J connectivity index is 3.06. The molecule has 0 aliphatic carbocycles. The SMILES string of the molecule is COC(=O)c1cc(C(=O)OC)c2c(C(=O)OC)c(C(=O)OC)n(C)c2c1. The number of benzene rings is 1. The summed E-state index contributed by atoms with van der Waals surface area (Å²) in [6, 6.07) is 2.62. The number of rotatable bonds is 4. The van der Waals surface area contributed by atoms with Crippen molar-refractivity contribution in [1.82, 2.24) is 4.57 Å². The number of esters is 4. The van der Waals surface area contributed by atoms with Crippen molar-refractivity contribution in [1.29, 1.82) is 0 Å². The summed E-state index contributed by atoms with van der Waals surface area (Å²) in [7, 11) is 6.13. The minimum atomic E-state index is -0.841. The second kappa shape index (κ2) is 7.26. The molecular formula is C17H17NO8. The van der Waals surface area contributed by atoms with Crippen molar-refractivity contribution in [2.24, 2.45) is 7.05 Å². The van der Waals surface area contributed by atoms with E-state index in [0.29, 0.717) is 0 Å². The van der Waals surface area contributed by atoms with Gasteiger partial charge < -0.3 is 23.5 Å². The zero-order chi connectivity index (χ0) is 19.6. The van der Waals surface area contributed by atoms with Crippen molar-refractivity contribution >= 4 is 34.8 Å². The van der Waals surface area contributed by atoms with Crippen LogP contribution in [0.5, 0.6) is 0 Å². The molecular weight excluding hydrogens is 346 g/mol. The molecule has 0 spiro atoms. The standard InChI is InChI=1S/C17H17NO8/c1-18-10-7-8(14(19)23-2)6-9(15(20)24-3)11(10)12(16(21)25-4)13(18)17(22)26-5/h6-7H,1-5H3. The van der Waals surface area contributed by atoms with Gasteiger partial charge in [0.2, 0.25) is 0 Å². The van der Waals surface area contributed by atoms with Gasteiger partial charge in [-0.1, -0.05) is 0 Å². The van der Waals surface area contributed by atoms with Gasteiger partial charge in [0, 0.05) is 12.4 Å². The molecule has 0 radical (unpaired) electrons. The first kappa shape index (κ1) is 19.0. The fourth-order valence-corrected chi connectivity index (χ4v) is 2.70. The van der Waals surface area contributed by atoms with Crippen LogP contribution in [-0.4, -0.2) is 56.9 Å².